The van der Waals surface area contributed by atoms with E-state index in [9.17, 15) is 0 Å². The topological polar surface area (TPSA) is 24.1 Å². The highest BCUT2D eigenvalue weighted by molar-refractivity contribution is 9.10. The minimum absolute atomic E-state index is 0.644. The molecule has 3 atom stereocenters. The van der Waals surface area contributed by atoms with E-state index in [2.05, 4.69) is 52.5 Å². The number of rotatable bonds is 3. The predicted octanol–water partition coefficient (Wildman–Crippen LogP) is 4.40. The molecule has 20 heavy (non-hydrogen) atoms. The van der Waals surface area contributed by atoms with Crippen molar-refractivity contribution < 1.29 is 0 Å². The predicted molar refractivity (Wildman–Crippen MR) is 89.4 cm³/mol. The first-order chi connectivity index (χ1) is 9.65. The van der Waals surface area contributed by atoms with Crippen molar-refractivity contribution in [3.8, 4) is 0 Å². The Hall–Kier alpha value is -0.540. The van der Waals surface area contributed by atoms with Crippen LogP contribution in [-0.2, 0) is 0 Å². The van der Waals surface area contributed by atoms with Gasteiger partial charge in [0.2, 0.25) is 0 Å². The van der Waals surface area contributed by atoms with Gasteiger partial charge in [-0.15, -0.1) is 0 Å². The van der Waals surface area contributed by atoms with Crippen LogP contribution in [0.4, 0.5) is 5.69 Å². The van der Waals surface area contributed by atoms with Gasteiger partial charge in [0.05, 0.1) is 0 Å². The van der Waals surface area contributed by atoms with E-state index in [-0.39, 0.29) is 0 Å². The van der Waals surface area contributed by atoms with Crippen LogP contribution in [0, 0.1) is 19.8 Å². The van der Waals surface area contributed by atoms with E-state index < -0.39 is 0 Å². The molecule has 1 aliphatic heterocycles. The third-order valence-corrected chi connectivity index (χ3v) is 6.22. The Morgan fingerprint density at radius 1 is 1.10 bits per heavy atom. The maximum Gasteiger partial charge on any atom is 0.0348 e. The first-order valence-electron chi connectivity index (χ1n) is 7.92. The maximum absolute atomic E-state index is 3.82. The summed E-state index contributed by atoms with van der Waals surface area (Å²) in [6.07, 6.45) is 6.78. The van der Waals surface area contributed by atoms with Gasteiger partial charge in [0, 0.05) is 22.2 Å². The van der Waals surface area contributed by atoms with Crippen LogP contribution in [0.1, 0.15) is 43.2 Å². The van der Waals surface area contributed by atoms with Crippen LogP contribution < -0.4 is 10.6 Å². The summed E-state index contributed by atoms with van der Waals surface area (Å²) < 4.78 is 1.24. The summed E-state index contributed by atoms with van der Waals surface area (Å²) in [6.45, 7) is 5.56. The maximum atomic E-state index is 3.82. The molecule has 0 amide bonds. The molecule has 1 saturated carbocycles. The van der Waals surface area contributed by atoms with E-state index in [4.69, 9.17) is 0 Å². The number of hydrogen-bond donors (Lipinski definition) is 2. The zero-order valence-electron chi connectivity index (χ0n) is 12.5. The van der Waals surface area contributed by atoms with Crippen LogP contribution in [-0.4, -0.2) is 18.6 Å². The molecule has 0 aromatic heterocycles. The lowest BCUT2D eigenvalue weighted by atomic mass is 9.93. The second-order valence-electron chi connectivity index (χ2n) is 6.47. The third-order valence-electron chi connectivity index (χ3n) is 4.97. The molecule has 1 heterocycles. The van der Waals surface area contributed by atoms with Crippen molar-refractivity contribution in [2.75, 3.05) is 11.9 Å². The van der Waals surface area contributed by atoms with Gasteiger partial charge in [0.15, 0.2) is 0 Å². The number of halogens is 1. The Morgan fingerprint density at radius 2 is 1.85 bits per heavy atom. The molecule has 1 saturated heterocycles. The van der Waals surface area contributed by atoms with Gasteiger partial charge in [0.25, 0.3) is 0 Å². The summed E-state index contributed by atoms with van der Waals surface area (Å²) in [4.78, 5) is 0. The highest BCUT2D eigenvalue weighted by atomic mass is 79.9. The molecule has 2 fully saturated rings. The molecule has 1 aliphatic carbocycles. The lowest BCUT2D eigenvalue weighted by Crippen LogP contribution is -2.38. The van der Waals surface area contributed by atoms with Crippen molar-refractivity contribution in [1.82, 2.24) is 5.32 Å². The molecule has 2 nitrogen and oxygen atoms in total. The first kappa shape index (κ1) is 14.4. The second kappa shape index (κ2) is 6.07. The zero-order chi connectivity index (χ0) is 14.1. The van der Waals surface area contributed by atoms with E-state index in [1.807, 2.05) is 0 Å². The van der Waals surface area contributed by atoms with Crippen LogP contribution >= 0.6 is 15.9 Å². The smallest absolute Gasteiger partial charge is 0.0348 e. The number of anilines is 1. The largest absolute Gasteiger partial charge is 0.382 e. The molecule has 1 aromatic rings. The van der Waals surface area contributed by atoms with Gasteiger partial charge >= 0.3 is 0 Å². The van der Waals surface area contributed by atoms with Crippen LogP contribution in [0.5, 0.6) is 0 Å². The monoisotopic (exact) mass is 336 g/mol. The van der Waals surface area contributed by atoms with E-state index in [1.54, 1.807) is 0 Å². The fourth-order valence-electron chi connectivity index (χ4n) is 3.97. The molecule has 0 radical (unpaired) electrons. The average Bonchev–Trinajstić information content (AvgIpc) is 3.05. The van der Waals surface area contributed by atoms with Gasteiger partial charge in [-0.25, -0.2) is 0 Å². The van der Waals surface area contributed by atoms with Crippen molar-refractivity contribution in [2.45, 2.75) is 58.0 Å². The van der Waals surface area contributed by atoms with Gasteiger partial charge in [-0.3, -0.25) is 0 Å². The van der Waals surface area contributed by atoms with Crippen LogP contribution in [0.2, 0.25) is 0 Å². The molecule has 3 unspecified atom stereocenters. The standard InChI is InChI=1S/C17H25BrN2/c1-11-9-13(10-12(2)17(11)18)20-16-6-3-5-14(16)15-7-4-8-19-15/h9-10,14-16,19-20H,3-8H2,1-2H3. The van der Waals surface area contributed by atoms with Gasteiger partial charge in [-0.05, 0) is 75.3 Å². The highest BCUT2D eigenvalue weighted by Gasteiger charge is 2.34. The van der Waals surface area contributed by atoms with Crippen LogP contribution in [0.3, 0.4) is 0 Å². The van der Waals surface area contributed by atoms with Gasteiger partial charge in [-0.2, -0.15) is 0 Å². The molecule has 2 aliphatic rings. The molecule has 0 spiro atoms. The van der Waals surface area contributed by atoms with Crippen LogP contribution in [0.25, 0.3) is 0 Å². The van der Waals surface area contributed by atoms with Crippen LogP contribution in [0.15, 0.2) is 16.6 Å². The Balaban J connectivity index is 1.73. The van der Waals surface area contributed by atoms with Crippen molar-refractivity contribution in [3.05, 3.63) is 27.7 Å². The molecule has 3 heteroatoms. The summed E-state index contributed by atoms with van der Waals surface area (Å²) >= 11 is 3.65. The molecule has 110 valence electrons. The van der Waals surface area contributed by atoms with Crippen molar-refractivity contribution >= 4 is 21.6 Å². The lowest BCUT2D eigenvalue weighted by Gasteiger charge is -2.27. The lowest BCUT2D eigenvalue weighted by molar-refractivity contribution is 0.376. The van der Waals surface area contributed by atoms with Crippen molar-refractivity contribution in [3.63, 3.8) is 0 Å². The normalized spacial score (nSPS) is 29.9. The molecule has 3 rings (SSSR count). The molecular weight excluding hydrogens is 312 g/mol. The molecule has 2 N–H and O–H groups in total. The second-order valence-corrected chi connectivity index (χ2v) is 7.27. The number of benzene rings is 1. The number of aryl methyl sites for hydroxylation is 2. The first-order valence-corrected chi connectivity index (χ1v) is 8.71. The minimum Gasteiger partial charge on any atom is -0.382 e. The zero-order valence-corrected chi connectivity index (χ0v) is 14.1. The Bertz CT molecular complexity index is 457. The third kappa shape index (κ3) is 2.89. The Kier molecular flexibility index (Phi) is 4.37. The summed E-state index contributed by atoms with van der Waals surface area (Å²) in [5.74, 6) is 0.807. The van der Waals surface area contributed by atoms with Gasteiger partial charge in [0.1, 0.15) is 0 Å². The summed E-state index contributed by atoms with van der Waals surface area (Å²) in [5.41, 5.74) is 3.93. The fraction of sp³-hybridized carbons (Fsp3) is 0.647. The molecule has 0 bridgehead atoms. The summed E-state index contributed by atoms with van der Waals surface area (Å²) in [5, 5.41) is 7.51. The van der Waals surface area contributed by atoms with E-state index in [0.717, 1.165) is 12.0 Å². The quantitative estimate of drug-likeness (QED) is 0.854. The Morgan fingerprint density at radius 3 is 2.50 bits per heavy atom. The number of nitrogens with one attached hydrogen (secondary N) is 2. The van der Waals surface area contributed by atoms with E-state index >= 15 is 0 Å². The van der Waals surface area contributed by atoms with Crippen molar-refractivity contribution in [1.29, 1.82) is 0 Å². The average molecular weight is 337 g/mol. The van der Waals surface area contributed by atoms with Crippen molar-refractivity contribution in [2.24, 2.45) is 5.92 Å². The number of hydrogen-bond acceptors (Lipinski definition) is 2. The SMILES string of the molecule is Cc1cc(NC2CCCC2C2CCCN2)cc(C)c1Br. The van der Waals surface area contributed by atoms with Gasteiger partial charge in [-0.1, -0.05) is 22.4 Å². The van der Waals surface area contributed by atoms with Gasteiger partial charge < -0.3 is 10.6 Å². The summed E-state index contributed by atoms with van der Waals surface area (Å²) in [6, 6.07) is 5.93. The minimum atomic E-state index is 0.644. The Labute approximate surface area is 130 Å². The van der Waals surface area contributed by atoms with E-state index in [1.165, 1.54) is 59.9 Å². The molecular formula is C17H25BrN2. The highest BCUT2D eigenvalue weighted by Crippen LogP contribution is 2.35. The summed E-state index contributed by atoms with van der Waals surface area (Å²) in [7, 11) is 0. The molecule has 1 aromatic carbocycles. The fourth-order valence-corrected chi connectivity index (χ4v) is 4.20. The van der Waals surface area contributed by atoms with E-state index in [0.29, 0.717) is 6.04 Å².